The van der Waals surface area contributed by atoms with E-state index in [1.807, 2.05) is 23.1 Å². The molecule has 5 heteroatoms. The molecule has 2 aromatic rings. The molecule has 1 saturated heterocycles. The number of benzene rings is 1. The molecule has 1 aromatic carbocycles. The SMILES string of the molecule is CN(C)CCN(Cc1cccc(Cn2cccn2)c1)CC1CCCO1. The van der Waals surface area contributed by atoms with Gasteiger partial charge in [0.2, 0.25) is 0 Å². The monoisotopic (exact) mass is 342 g/mol. The summed E-state index contributed by atoms with van der Waals surface area (Å²) in [6.45, 7) is 5.88. The zero-order valence-electron chi connectivity index (χ0n) is 15.5. The van der Waals surface area contributed by atoms with Crippen LogP contribution in [0.4, 0.5) is 0 Å². The van der Waals surface area contributed by atoms with E-state index in [4.69, 9.17) is 4.74 Å². The summed E-state index contributed by atoms with van der Waals surface area (Å²) >= 11 is 0. The second-order valence-corrected chi connectivity index (χ2v) is 7.20. The lowest BCUT2D eigenvalue weighted by Gasteiger charge is -2.26. The average molecular weight is 342 g/mol. The molecular weight excluding hydrogens is 312 g/mol. The number of hydrogen-bond donors (Lipinski definition) is 0. The summed E-state index contributed by atoms with van der Waals surface area (Å²) < 4.78 is 7.82. The van der Waals surface area contributed by atoms with E-state index in [9.17, 15) is 0 Å². The summed E-state index contributed by atoms with van der Waals surface area (Å²) in [6.07, 6.45) is 6.63. The molecule has 0 amide bonds. The largest absolute Gasteiger partial charge is 0.377 e. The maximum atomic E-state index is 5.85. The first-order valence-electron chi connectivity index (χ1n) is 9.23. The molecular formula is C20H30N4O. The highest BCUT2D eigenvalue weighted by atomic mass is 16.5. The summed E-state index contributed by atoms with van der Waals surface area (Å²) in [5, 5.41) is 4.30. The molecule has 1 aliphatic heterocycles. The highest BCUT2D eigenvalue weighted by Gasteiger charge is 2.19. The van der Waals surface area contributed by atoms with Crippen LogP contribution in [0.15, 0.2) is 42.7 Å². The first-order chi connectivity index (χ1) is 12.2. The van der Waals surface area contributed by atoms with E-state index in [0.717, 1.165) is 39.3 Å². The summed E-state index contributed by atoms with van der Waals surface area (Å²) in [4.78, 5) is 4.78. The van der Waals surface area contributed by atoms with Crippen molar-refractivity contribution in [3.63, 3.8) is 0 Å². The molecule has 0 N–H and O–H groups in total. The Bertz CT molecular complexity index is 620. The van der Waals surface area contributed by atoms with E-state index in [0.29, 0.717) is 6.10 Å². The van der Waals surface area contributed by atoms with Crippen LogP contribution in [0.5, 0.6) is 0 Å². The Balaban J connectivity index is 1.62. The molecule has 0 aliphatic carbocycles. The predicted octanol–water partition coefficient (Wildman–Crippen LogP) is 2.47. The van der Waals surface area contributed by atoms with Gasteiger partial charge >= 0.3 is 0 Å². The standard InChI is InChI=1S/C20H30N4O/c1-22(2)11-12-23(17-20-8-4-13-25-20)15-18-6-3-7-19(14-18)16-24-10-5-9-21-24/h3,5-7,9-10,14,20H,4,8,11-13,15-17H2,1-2H3. The van der Waals surface area contributed by atoms with Crippen molar-refractivity contribution in [1.29, 1.82) is 0 Å². The molecule has 5 nitrogen and oxygen atoms in total. The van der Waals surface area contributed by atoms with Crippen LogP contribution in [0.1, 0.15) is 24.0 Å². The van der Waals surface area contributed by atoms with Crippen LogP contribution in [0.25, 0.3) is 0 Å². The van der Waals surface area contributed by atoms with Crippen LogP contribution in [0.2, 0.25) is 0 Å². The third-order valence-electron chi connectivity index (χ3n) is 4.65. The highest BCUT2D eigenvalue weighted by Crippen LogP contribution is 2.16. The number of ether oxygens (including phenoxy) is 1. The molecule has 1 unspecified atom stereocenters. The number of rotatable bonds is 9. The van der Waals surface area contributed by atoms with Gasteiger partial charge in [-0.05, 0) is 44.1 Å². The maximum absolute atomic E-state index is 5.85. The van der Waals surface area contributed by atoms with Gasteiger partial charge in [-0.25, -0.2) is 0 Å². The van der Waals surface area contributed by atoms with Gasteiger partial charge in [-0.1, -0.05) is 24.3 Å². The number of aromatic nitrogens is 2. The van der Waals surface area contributed by atoms with Crippen LogP contribution >= 0.6 is 0 Å². The number of nitrogens with zero attached hydrogens (tertiary/aromatic N) is 4. The number of likely N-dealkylation sites (N-methyl/N-ethyl adjacent to an activating group) is 1. The summed E-state index contributed by atoms with van der Waals surface area (Å²) in [5.41, 5.74) is 2.66. The minimum atomic E-state index is 0.398. The lowest BCUT2D eigenvalue weighted by atomic mass is 10.1. The van der Waals surface area contributed by atoms with Crippen molar-refractivity contribution in [3.05, 3.63) is 53.9 Å². The topological polar surface area (TPSA) is 33.5 Å². The molecule has 0 saturated carbocycles. The fourth-order valence-corrected chi connectivity index (χ4v) is 3.32. The van der Waals surface area contributed by atoms with Crippen LogP contribution in [-0.4, -0.2) is 66.0 Å². The van der Waals surface area contributed by atoms with E-state index in [1.54, 1.807) is 0 Å². The molecule has 1 aromatic heterocycles. The molecule has 0 spiro atoms. The first-order valence-corrected chi connectivity index (χ1v) is 9.23. The Morgan fingerprint density at radius 1 is 1.20 bits per heavy atom. The minimum absolute atomic E-state index is 0.398. The van der Waals surface area contributed by atoms with E-state index >= 15 is 0 Å². The summed E-state index contributed by atoms with van der Waals surface area (Å²) in [5.74, 6) is 0. The van der Waals surface area contributed by atoms with E-state index in [2.05, 4.69) is 53.3 Å². The molecule has 0 radical (unpaired) electrons. The lowest BCUT2D eigenvalue weighted by Crippen LogP contribution is -2.36. The fraction of sp³-hybridized carbons (Fsp3) is 0.550. The Labute approximate surface area is 151 Å². The second-order valence-electron chi connectivity index (χ2n) is 7.20. The normalized spacial score (nSPS) is 17.7. The molecule has 3 rings (SSSR count). The Morgan fingerprint density at radius 3 is 2.80 bits per heavy atom. The van der Waals surface area contributed by atoms with Crippen molar-refractivity contribution in [3.8, 4) is 0 Å². The Kier molecular flexibility index (Phi) is 6.62. The quantitative estimate of drug-likeness (QED) is 0.701. The predicted molar refractivity (Wildman–Crippen MR) is 101 cm³/mol. The molecule has 2 heterocycles. The van der Waals surface area contributed by atoms with Crippen molar-refractivity contribution in [2.45, 2.75) is 32.0 Å². The minimum Gasteiger partial charge on any atom is -0.377 e. The van der Waals surface area contributed by atoms with Crippen LogP contribution < -0.4 is 0 Å². The van der Waals surface area contributed by atoms with Gasteiger partial charge in [0.25, 0.3) is 0 Å². The molecule has 25 heavy (non-hydrogen) atoms. The zero-order valence-corrected chi connectivity index (χ0v) is 15.5. The highest BCUT2D eigenvalue weighted by molar-refractivity contribution is 5.23. The van der Waals surface area contributed by atoms with Crippen molar-refractivity contribution in [2.24, 2.45) is 0 Å². The van der Waals surface area contributed by atoms with Gasteiger partial charge in [0.15, 0.2) is 0 Å². The van der Waals surface area contributed by atoms with Crippen molar-refractivity contribution in [2.75, 3.05) is 40.3 Å². The fourth-order valence-electron chi connectivity index (χ4n) is 3.32. The second kappa shape index (κ2) is 9.13. The average Bonchev–Trinajstić information content (AvgIpc) is 3.27. The van der Waals surface area contributed by atoms with Gasteiger partial charge in [-0.15, -0.1) is 0 Å². The van der Waals surface area contributed by atoms with Crippen molar-refractivity contribution >= 4 is 0 Å². The Morgan fingerprint density at radius 2 is 2.08 bits per heavy atom. The third-order valence-corrected chi connectivity index (χ3v) is 4.65. The molecule has 1 atom stereocenters. The van der Waals surface area contributed by atoms with Crippen LogP contribution in [-0.2, 0) is 17.8 Å². The smallest absolute Gasteiger partial charge is 0.0702 e. The van der Waals surface area contributed by atoms with Gasteiger partial charge in [-0.3, -0.25) is 9.58 Å². The van der Waals surface area contributed by atoms with Gasteiger partial charge in [0.05, 0.1) is 12.6 Å². The van der Waals surface area contributed by atoms with Crippen LogP contribution in [0, 0.1) is 0 Å². The maximum Gasteiger partial charge on any atom is 0.0702 e. The number of hydrogen-bond acceptors (Lipinski definition) is 4. The van der Waals surface area contributed by atoms with Crippen molar-refractivity contribution in [1.82, 2.24) is 19.6 Å². The summed E-state index contributed by atoms with van der Waals surface area (Å²) in [7, 11) is 4.27. The first kappa shape index (κ1) is 18.1. The molecule has 0 bridgehead atoms. The zero-order chi connectivity index (χ0) is 17.5. The van der Waals surface area contributed by atoms with E-state index < -0.39 is 0 Å². The Hall–Kier alpha value is -1.69. The van der Waals surface area contributed by atoms with Crippen LogP contribution in [0.3, 0.4) is 0 Å². The van der Waals surface area contributed by atoms with Crippen molar-refractivity contribution < 1.29 is 4.74 Å². The molecule has 1 aliphatic rings. The summed E-state index contributed by atoms with van der Waals surface area (Å²) in [6, 6.07) is 10.8. The molecule has 1 fully saturated rings. The molecule has 136 valence electrons. The van der Waals surface area contributed by atoms with Gasteiger partial charge in [-0.2, -0.15) is 5.10 Å². The van der Waals surface area contributed by atoms with Gasteiger partial charge in [0.1, 0.15) is 0 Å². The van der Waals surface area contributed by atoms with Gasteiger partial charge in [0, 0.05) is 45.2 Å². The van der Waals surface area contributed by atoms with E-state index in [-0.39, 0.29) is 0 Å². The lowest BCUT2D eigenvalue weighted by molar-refractivity contribution is 0.0682. The third kappa shape index (κ3) is 5.96. The van der Waals surface area contributed by atoms with E-state index in [1.165, 1.54) is 24.0 Å². The van der Waals surface area contributed by atoms with Gasteiger partial charge < -0.3 is 9.64 Å².